The minimum atomic E-state index is -4.44. The molecule has 4 nitrogen and oxygen atoms in total. The number of para-hydroxylation sites is 1. The molecule has 2 atom stereocenters. The third kappa shape index (κ3) is 3.87. The van der Waals surface area contributed by atoms with Crippen molar-refractivity contribution in [3.05, 3.63) is 82.9 Å². The summed E-state index contributed by atoms with van der Waals surface area (Å²) in [6.45, 7) is 3.76. The number of benzene rings is 1. The SMILES string of the molecule is Cc1cc(C2C(c3ccccn3)NC(=S)N2C2CCCC2)c(C)n1-c1ccccc1C(F)(F)F. The summed E-state index contributed by atoms with van der Waals surface area (Å²) < 4.78 is 43.3. The van der Waals surface area contributed by atoms with Crippen LogP contribution in [0.1, 0.15) is 66.0 Å². The van der Waals surface area contributed by atoms with Gasteiger partial charge in [0.25, 0.3) is 0 Å². The second-order valence-electron chi connectivity index (χ2n) is 9.15. The molecule has 2 aliphatic rings. The Kier molecular flexibility index (Phi) is 5.88. The molecule has 5 rings (SSSR count). The lowest BCUT2D eigenvalue weighted by atomic mass is 9.95. The fourth-order valence-electron chi connectivity index (χ4n) is 5.64. The summed E-state index contributed by atoms with van der Waals surface area (Å²) in [6.07, 6.45) is 1.75. The monoisotopic (exact) mass is 484 g/mol. The topological polar surface area (TPSA) is 33.1 Å². The molecular weight excluding hydrogens is 457 g/mol. The van der Waals surface area contributed by atoms with E-state index >= 15 is 0 Å². The van der Waals surface area contributed by atoms with E-state index in [1.165, 1.54) is 12.1 Å². The van der Waals surface area contributed by atoms with Gasteiger partial charge >= 0.3 is 6.18 Å². The minimum absolute atomic E-state index is 0.145. The number of hydrogen-bond acceptors (Lipinski definition) is 2. The van der Waals surface area contributed by atoms with E-state index in [2.05, 4.69) is 15.2 Å². The minimum Gasteiger partial charge on any atom is -0.352 e. The number of nitrogens with zero attached hydrogens (tertiary/aromatic N) is 3. The van der Waals surface area contributed by atoms with E-state index in [1.54, 1.807) is 16.8 Å². The molecule has 0 radical (unpaired) electrons. The molecule has 3 heterocycles. The highest BCUT2D eigenvalue weighted by Crippen LogP contribution is 2.45. The lowest BCUT2D eigenvalue weighted by Crippen LogP contribution is -2.37. The molecule has 1 saturated heterocycles. The molecule has 8 heteroatoms. The van der Waals surface area contributed by atoms with Crippen LogP contribution in [-0.4, -0.2) is 25.6 Å². The molecule has 1 saturated carbocycles. The molecule has 1 aliphatic carbocycles. The maximum atomic E-state index is 13.8. The van der Waals surface area contributed by atoms with Crippen LogP contribution >= 0.6 is 12.2 Å². The van der Waals surface area contributed by atoms with Crippen LogP contribution in [0.15, 0.2) is 54.7 Å². The predicted octanol–water partition coefficient (Wildman–Crippen LogP) is 6.42. The first-order valence-electron chi connectivity index (χ1n) is 11.6. The Hall–Kier alpha value is -2.87. The van der Waals surface area contributed by atoms with Crippen LogP contribution in [0.3, 0.4) is 0 Å². The van der Waals surface area contributed by atoms with E-state index in [0.717, 1.165) is 54.4 Å². The zero-order valence-electron chi connectivity index (χ0n) is 19.1. The molecule has 0 bridgehead atoms. The summed E-state index contributed by atoms with van der Waals surface area (Å²) in [6, 6.07) is 13.6. The van der Waals surface area contributed by atoms with Crippen molar-refractivity contribution in [3.63, 3.8) is 0 Å². The molecule has 1 N–H and O–H groups in total. The van der Waals surface area contributed by atoms with Crippen molar-refractivity contribution in [1.82, 2.24) is 19.8 Å². The van der Waals surface area contributed by atoms with Gasteiger partial charge in [0.15, 0.2) is 5.11 Å². The van der Waals surface area contributed by atoms with E-state index in [-0.39, 0.29) is 17.8 Å². The number of aryl methyl sites for hydroxylation is 1. The Morgan fingerprint density at radius 1 is 1.03 bits per heavy atom. The Bertz CT molecular complexity index is 1200. The van der Waals surface area contributed by atoms with E-state index in [0.29, 0.717) is 11.2 Å². The maximum absolute atomic E-state index is 13.8. The van der Waals surface area contributed by atoms with Gasteiger partial charge in [0.2, 0.25) is 0 Å². The average Bonchev–Trinajstić information content (AvgIpc) is 3.51. The Morgan fingerprint density at radius 2 is 1.74 bits per heavy atom. The summed E-state index contributed by atoms with van der Waals surface area (Å²) in [5, 5.41) is 4.17. The lowest BCUT2D eigenvalue weighted by molar-refractivity contribution is -0.137. The van der Waals surface area contributed by atoms with Crippen LogP contribution in [0.25, 0.3) is 5.69 Å². The van der Waals surface area contributed by atoms with E-state index in [1.807, 2.05) is 38.1 Å². The smallest absolute Gasteiger partial charge is 0.352 e. The molecular formula is C26H27F3N4S. The molecule has 3 aromatic rings. The van der Waals surface area contributed by atoms with Crippen LogP contribution in [0.4, 0.5) is 13.2 Å². The highest BCUT2D eigenvalue weighted by molar-refractivity contribution is 7.80. The highest BCUT2D eigenvalue weighted by atomic mass is 32.1. The van der Waals surface area contributed by atoms with Gasteiger partial charge in [-0.3, -0.25) is 4.98 Å². The first kappa shape index (κ1) is 22.9. The van der Waals surface area contributed by atoms with Gasteiger partial charge in [0.05, 0.1) is 29.0 Å². The van der Waals surface area contributed by atoms with Crippen molar-refractivity contribution in [1.29, 1.82) is 0 Å². The van der Waals surface area contributed by atoms with Gasteiger partial charge in [-0.2, -0.15) is 13.2 Å². The normalized spacial score (nSPS) is 21.3. The van der Waals surface area contributed by atoms with Crippen molar-refractivity contribution in [3.8, 4) is 5.69 Å². The van der Waals surface area contributed by atoms with Crippen LogP contribution in [0.5, 0.6) is 0 Å². The number of aromatic nitrogens is 2. The molecule has 34 heavy (non-hydrogen) atoms. The van der Waals surface area contributed by atoms with Crippen LogP contribution in [0.2, 0.25) is 0 Å². The largest absolute Gasteiger partial charge is 0.418 e. The van der Waals surface area contributed by atoms with Gasteiger partial charge in [-0.1, -0.05) is 31.0 Å². The van der Waals surface area contributed by atoms with E-state index in [9.17, 15) is 13.2 Å². The number of hydrogen-bond donors (Lipinski definition) is 1. The molecule has 0 amide bonds. The van der Waals surface area contributed by atoms with E-state index in [4.69, 9.17) is 12.2 Å². The first-order valence-corrected chi connectivity index (χ1v) is 12.0. The van der Waals surface area contributed by atoms with Crippen LogP contribution in [0, 0.1) is 13.8 Å². The number of thiocarbonyl (C=S) groups is 1. The quantitative estimate of drug-likeness (QED) is 0.433. The van der Waals surface area contributed by atoms with Gasteiger partial charge < -0.3 is 14.8 Å². The first-order chi connectivity index (χ1) is 16.3. The number of pyridine rings is 1. The van der Waals surface area contributed by atoms with Crippen molar-refractivity contribution in [2.24, 2.45) is 0 Å². The third-order valence-electron chi connectivity index (χ3n) is 7.09. The van der Waals surface area contributed by atoms with Crippen molar-refractivity contribution >= 4 is 17.3 Å². The maximum Gasteiger partial charge on any atom is 0.418 e. The molecule has 2 unspecified atom stereocenters. The highest BCUT2D eigenvalue weighted by Gasteiger charge is 2.45. The van der Waals surface area contributed by atoms with Gasteiger partial charge in [-0.25, -0.2) is 0 Å². The summed E-state index contributed by atoms with van der Waals surface area (Å²) >= 11 is 5.81. The summed E-state index contributed by atoms with van der Waals surface area (Å²) in [5.74, 6) is 0. The molecule has 178 valence electrons. The lowest BCUT2D eigenvalue weighted by Gasteiger charge is -2.33. The van der Waals surface area contributed by atoms with Gasteiger partial charge in [0.1, 0.15) is 0 Å². The second-order valence-corrected chi connectivity index (χ2v) is 9.54. The molecule has 2 aromatic heterocycles. The third-order valence-corrected chi connectivity index (χ3v) is 7.42. The van der Waals surface area contributed by atoms with Gasteiger partial charge in [-0.15, -0.1) is 0 Å². The molecule has 2 fully saturated rings. The molecule has 0 spiro atoms. The number of nitrogens with one attached hydrogen (secondary N) is 1. The van der Waals surface area contributed by atoms with Gasteiger partial charge in [-0.05, 0) is 74.8 Å². The van der Waals surface area contributed by atoms with Crippen molar-refractivity contribution in [2.45, 2.75) is 63.8 Å². The molecule has 1 aromatic carbocycles. The van der Waals surface area contributed by atoms with E-state index < -0.39 is 11.7 Å². The van der Waals surface area contributed by atoms with Crippen molar-refractivity contribution < 1.29 is 13.2 Å². The van der Waals surface area contributed by atoms with Crippen molar-refractivity contribution in [2.75, 3.05) is 0 Å². The molecule has 1 aliphatic heterocycles. The summed E-state index contributed by atoms with van der Waals surface area (Å²) in [5.41, 5.74) is 2.90. The van der Waals surface area contributed by atoms with Gasteiger partial charge in [0, 0.05) is 23.6 Å². The standard InChI is InChI=1S/C26H27F3N4S/c1-16-15-19(17(2)32(16)22-13-6-5-11-20(22)26(27,28)29)24-23(21-12-7-8-14-30-21)31-25(34)33(24)18-9-3-4-10-18/h5-8,11-15,18,23-24H,3-4,9-10H2,1-2H3,(H,31,34). The Morgan fingerprint density at radius 3 is 2.41 bits per heavy atom. The average molecular weight is 485 g/mol. The van der Waals surface area contributed by atoms with Crippen LogP contribution in [-0.2, 0) is 6.18 Å². The zero-order valence-corrected chi connectivity index (χ0v) is 20.0. The van der Waals surface area contributed by atoms with Crippen LogP contribution < -0.4 is 5.32 Å². The number of halogens is 3. The Balaban J connectivity index is 1.66. The number of alkyl halides is 3. The number of rotatable bonds is 4. The summed E-state index contributed by atoms with van der Waals surface area (Å²) in [4.78, 5) is 6.87. The zero-order chi connectivity index (χ0) is 24.0. The second kappa shape index (κ2) is 8.73. The summed E-state index contributed by atoms with van der Waals surface area (Å²) in [7, 11) is 0. The fourth-order valence-corrected chi connectivity index (χ4v) is 6.03. The predicted molar refractivity (Wildman–Crippen MR) is 130 cm³/mol. The fraction of sp³-hybridized carbons (Fsp3) is 0.385. The Labute approximate surface area is 202 Å².